The molecule has 10 atom stereocenters. The number of hydrogen-bond acceptors (Lipinski definition) is 5. The van der Waals surface area contributed by atoms with Crippen LogP contribution in [0, 0.1) is 17.8 Å². The number of carbonyl (C=O) groups excluding carboxylic acids is 1. The number of piperidine rings is 4. The van der Waals surface area contributed by atoms with Gasteiger partial charge in [-0.2, -0.15) is 0 Å². The van der Waals surface area contributed by atoms with Crippen LogP contribution in [-0.2, 0) is 14.9 Å². The maximum Gasteiger partial charge on any atom is 0.321 e. The van der Waals surface area contributed by atoms with Gasteiger partial charge in [-0.15, -0.1) is 11.6 Å². The Kier molecular flexibility index (Phi) is 3.54. The van der Waals surface area contributed by atoms with Gasteiger partial charge in [0.15, 0.2) is 0 Å². The maximum atomic E-state index is 12.4. The third-order valence-corrected chi connectivity index (χ3v) is 9.01. The summed E-state index contributed by atoms with van der Waals surface area (Å²) in [5.74, 6) is 0.510. The number of likely N-dealkylation sites (N-methyl/N-ethyl adjacent to an activating group) is 1. The molecule has 1 saturated carbocycles. The van der Waals surface area contributed by atoms with Gasteiger partial charge in [-0.3, -0.25) is 9.69 Å². The number of carbonyl (C=O) groups is 1. The number of ether oxygens (including phenoxy) is 1. The van der Waals surface area contributed by atoms with Crippen LogP contribution in [0.1, 0.15) is 31.7 Å². The van der Waals surface area contributed by atoms with Crippen molar-refractivity contribution in [2.75, 3.05) is 17.8 Å². The van der Waals surface area contributed by atoms with Crippen LogP contribution >= 0.6 is 11.6 Å². The summed E-state index contributed by atoms with van der Waals surface area (Å²) >= 11 is 5.87. The lowest BCUT2D eigenvalue weighted by Gasteiger charge is -2.62. The third-order valence-electron chi connectivity index (χ3n) is 8.79. The number of rotatable bonds is 3. The van der Waals surface area contributed by atoms with Gasteiger partial charge in [-0.05, 0) is 36.8 Å². The monoisotopic (exact) mass is 402 g/mol. The first kappa shape index (κ1) is 17.5. The van der Waals surface area contributed by atoms with Gasteiger partial charge in [0.25, 0.3) is 0 Å². The summed E-state index contributed by atoms with van der Waals surface area (Å²) < 4.78 is 6.19. The molecule has 1 aliphatic carbocycles. The van der Waals surface area contributed by atoms with Crippen LogP contribution in [0.25, 0.3) is 0 Å². The molecule has 5 aliphatic heterocycles. The molecule has 5 bridgehead atoms. The maximum absolute atomic E-state index is 12.4. The summed E-state index contributed by atoms with van der Waals surface area (Å²) in [5, 5.41) is 11.2. The number of fused-ring (bicyclic) bond motifs is 2. The molecular weight excluding hydrogens is 376 g/mol. The van der Waals surface area contributed by atoms with Crippen molar-refractivity contribution in [1.29, 1.82) is 0 Å². The van der Waals surface area contributed by atoms with Crippen molar-refractivity contribution >= 4 is 23.3 Å². The predicted octanol–water partition coefficient (Wildman–Crippen LogP) is 2.34. The van der Waals surface area contributed by atoms with E-state index in [0.29, 0.717) is 12.0 Å². The number of esters is 1. The van der Waals surface area contributed by atoms with Gasteiger partial charge in [-0.1, -0.05) is 25.1 Å². The Labute approximate surface area is 170 Å². The molecule has 6 aliphatic rings. The topological polar surface area (TPSA) is 53.0 Å². The highest BCUT2D eigenvalue weighted by atomic mass is 35.5. The van der Waals surface area contributed by atoms with Crippen LogP contribution in [0.3, 0.4) is 0 Å². The Hall–Kier alpha value is -1.30. The van der Waals surface area contributed by atoms with Crippen molar-refractivity contribution in [2.45, 2.75) is 62.1 Å². The van der Waals surface area contributed by atoms with Crippen LogP contribution in [0.5, 0.6) is 0 Å². The fourth-order valence-corrected chi connectivity index (χ4v) is 8.26. The lowest BCUT2D eigenvalue weighted by Crippen LogP contribution is -2.72. The van der Waals surface area contributed by atoms with Crippen molar-refractivity contribution in [3.05, 3.63) is 29.8 Å². The average molecular weight is 403 g/mol. The number of halogens is 1. The number of aliphatic hydroxyl groups is 1. The van der Waals surface area contributed by atoms with Crippen molar-refractivity contribution in [3.63, 3.8) is 0 Å². The predicted molar refractivity (Wildman–Crippen MR) is 106 cm³/mol. The number of para-hydroxylation sites is 1. The second-order valence-corrected chi connectivity index (χ2v) is 9.67. The van der Waals surface area contributed by atoms with Gasteiger partial charge >= 0.3 is 5.97 Å². The number of hydrogen-bond donors (Lipinski definition) is 1. The van der Waals surface area contributed by atoms with Gasteiger partial charge in [0.1, 0.15) is 18.2 Å². The number of aliphatic hydroxyl groups excluding tert-OH is 1. The number of nitrogens with zero attached hydrogens (tertiary/aromatic N) is 2. The molecule has 5 fully saturated rings. The highest BCUT2D eigenvalue weighted by molar-refractivity contribution is 6.26. The Bertz CT molecular complexity index is 849. The Morgan fingerprint density at radius 1 is 1.36 bits per heavy atom. The van der Waals surface area contributed by atoms with Gasteiger partial charge in [-0.25, -0.2) is 0 Å². The lowest BCUT2D eigenvalue weighted by atomic mass is 9.62. The first-order valence-electron chi connectivity index (χ1n) is 10.6. The molecule has 7 rings (SSSR count). The normalized spacial score (nSPS) is 49.3. The van der Waals surface area contributed by atoms with E-state index in [4.69, 9.17) is 16.3 Å². The minimum Gasteiger partial charge on any atom is -0.460 e. The zero-order chi connectivity index (χ0) is 19.4. The van der Waals surface area contributed by atoms with E-state index in [2.05, 4.69) is 48.0 Å². The van der Waals surface area contributed by atoms with Crippen LogP contribution in [0.15, 0.2) is 24.3 Å². The summed E-state index contributed by atoms with van der Waals surface area (Å²) in [6, 6.07) is 9.40. The number of anilines is 1. The molecule has 4 saturated heterocycles. The van der Waals surface area contributed by atoms with E-state index in [9.17, 15) is 9.90 Å². The summed E-state index contributed by atoms with van der Waals surface area (Å²) in [6.45, 7) is 2.17. The zero-order valence-electron chi connectivity index (χ0n) is 16.3. The fourth-order valence-electron chi connectivity index (χ4n) is 8.20. The van der Waals surface area contributed by atoms with E-state index in [1.54, 1.807) is 0 Å². The molecule has 0 radical (unpaired) electrons. The number of benzene rings is 1. The highest BCUT2D eigenvalue weighted by Crippen LogP contribution is 2.69. The second-order valence-electron chi connectivity index (χ2n) is 9.41. The Morgan fingerprint density at radius 2 is 2.14 bits per heavy atom. The molecule has 0 aromatic heterocycles. The van der Waals surface area contributed by atoms with Crippen molar-refractivity contribution in [3.8, 4) is 0 Å². The smallest absolute Gasteiger partial charge is 0.321 e. The first-order valence-corrected chi connectivity index (χ1v) is 11.1. The minimum atomic E-state index is -0.382. The highest BCUT2D eigenvalue weighted by Gasteiger charge is 2.77. The molecule has 5 heterocycles. The standard InChI is InChI=1S/C22H27ClN2O3/c1-3-11-12-8-15-19-22(13-6-4-5-7-14(13)24(19)2)9-16(25(15)21(11)27)18(12)20(22)28-17(26)10-23/h4-7,11-12,15-16,18-21,27H,3,8-10H2,1-2H3/t11-,12?,15-,16-,18?,19-,20?,21+,22?/m0/s1. The van der Waals surface area contributed by atoms with Crippen molar-refractivity contribution in [1.82, 2.24) is 4.90 Å². The first-order chi connectivity index (χ1) is 13.5. The van der Waals surface area contributed by atoms with Gasteiger partial charge in [0, 0.05) is 36.7 Å². The second kappa shape index (κ2) is 5.65. The summed E-state index contributed by atoms with van der Waals surface area (Å²) in [4.78, 5) is 17.2. The molecule has 6 heteroatoms. The molecule has 1 aromatic carbocycles. The zero-order valence-corrected chi connectivity index (χ0v) is 17.0. The molecule has 28 heavy (non-hydrogen) atoms. The molecular formula is C22H27ClN2O3. The van der Waals surface area contributed by atoms with E-state index < -0.39 is 0 Å². The van der Waals surface area contributed by atoms with Crippen molar-refractivity contribution in [2.24, 2.45) is 17.8 Å². The van der Waals surface area contributed by atoms with Crippen LogP contribution in [0.4, 0.5) is 5.69 Å². The van der Waals surface area contributed by atoms with E-state index in [1.807, 2.05) is 0 Å². The third kappa shape index (κ3) is 1.76. The van der Waals surface area contributed by atoms with Crippen LogP contribution in [0.2, 0.25) is 0 Å². The SMILES string of the molecule is CC[C@H]1C2C[C@H]3[C@@H]4N(C)c5ccccc5C45C[C@@H](C2C5OC(=O)CCl)N3[C@@H]1O. The average Bonchev–Trinajstić information content (AvgIpc) is 3.10. The van der Waals surface area contributed by atoms with E-state index in [0.717, 1.165) is 19.3 Å². The molecule has 0 amide bonds. The summed E-state index contributed by atoms with van der Waals surface area (Å²) in [5.41, 5.74) is 2.36. The largest absolute Gasteiger partial charge is 0.460 e. The summed E-state index contributed by atoms with van der Waals surface area (Å²) in [6.07, 6.45) is 2.44. The molecule has 5 unspecified atom stereocenters. The van der Waals surface area contributed by atoms with Gasteiger partial charge in [0.05, 0.1) is 11.5 Å². The van der Waals surface area contributed by atoms with E-state index >= 15 is 0 Å². The van der Waals surface area contributed by atoms with E-state index in [-0.39, 0.29) is 53.5 Å². The molecule has 150 valence electrons. The summed E-state index contributed by atoms with van der Waals surface area (Å²) in [7, 11) is 2.17. The van der Waals surface area contributed by atoms with E-state index in [1.165, 1.54) is 11.3 Å². The Morgan fingerprint density at radius 3 is 2.89 bits per heavy atom. The molecule has 1 aromatic rings. The van der Waals surface area contributed by atoms with Crippen LogP contribution in [-0.4, -0.2) is 59.4 Å². The Balaban J connectivity index is 1.57. The number of alkyl halides is 1. The van der Waals surface area contributed by atoms with Gasteiger partial charge < -0.3 is 14.7 Å². The molecule has 1 spiro atoms. The van der Waals surface area contributed by atoms with Crippen LogP contribution < -0.4 is 4.90 Å². The minimum absolute atomic E-state index is 0.107. The van der Waals surface area contributed by atoms with Gasteiger partial charge in [0.2, 0.25) is 0 Å². The van der Waals surface area contributed by atoms with Crippen molar-refractivity contribution < 1.29 is 14.6 Å². The fraction of sp³-hybridized carbons (Fsp3) is 0.682. The quantitative estimate of drug-likeness (QED) is 0.621. The molecule has 1 N–H and O–H groups in total. The lowest BCUT2D eigenvalue weighted by molar-refractivity contribution is -0.212. The molecule has 5 nitrogen and oxygen atoms in total.